The van der Waals surface area contributed by atoms with Crippen molar-refractivity contribution < 1.29 is 0 Å². The van der Waals surface area contributed by atoms with Crippen LogP contribution in [-0.4, -0.2) is 56.8 Å². The SMILES string of the molecule is CCCCCN1[SiH2]N(CCC)C1N(C)CCCC. The summed E-state index contributed by atoms with van der Waals surface area (Å²) in [5.74, 6) is 0. The van der Waals surface area contributed by atoms with Gasteiger partial charge in [0.2, 0.25) is 0 Å². The zero-order chi connectivity index (χ0) is 13.4. The minimum absolute atomic E-state index is 0.0945. The van der Waals surface area contributed by atoms with Crippen LogP contribution in [0.3, 0.4) is 0 Å². The molecular formula is C14H33N3Si. The van der Waals surface area contributed by atoms with E-state index in [1.165, 1.54) is 58.2 Å². The normalized spacial score (nSPS) is 22.8. The van der Waals surface area contributed by atoms with Crippen molar-refractivity contribution in [2.75, 3.05) is 26.7 Å². The molecular weight excluding hydrogens is 238 g/mol. The summed E-state index contributed by atoms with van der Waals surface area (Å²) in [6.07, 6.45) is 8.69. The van der Waals surface area contributed by atoms with E-state index in [0.29, 0.717) is 6.29 Å². The van der Waals surface area contributed by atoms with E-state index in [1.807, 2.05) is 0 Å². The van der Waals surface area contributed by atoms with Gasteiger partial charge >= 0.3 is 0 Å². The molecule has 108 valence electrons. The third kappa shape index (κ3) is 4.65. The van der Waals surface area contributed by atoms with Gasteiger partial charge in [-0.2, -0.15) is 0 Å². The molecule has 0 aliphatic carbocycles. The molecule has 0 aromatic rings. The first-order valence-electron chi connectivity index (χ1n) is 7.92. The van der Waals surface area contributed by atoms with Crippen LogP contribution in [0.2, 0.25) is 0 Å². The summed E-state index contributed by atoms with van der Waals surface area (Å²) in [4.78, 5) is 2.57. The van der Waals surface area contributed by atoms with E-state index in [0.717, 1.165) is 0 Å². The molecule has 1 rings (SSSR count). The highest BCUT2D eigenvalue weighted by molar-refractivity contribution is 6.32. The second kappa shape index (κ2) is 9.07. The summed E-state index contributed by atoms with van der Waals surface area (Å²) in [6, 6.07) is 0. The zero-order valence-corrected chi connectivity index (χ0v) is 14.4. The predicted molar refractivity (Wildman–Crippen MR) is 83.1 cm³/mol. The summed E-state index contributed by atoms with van der Waals surface area (Å²) in [5, 5.41) is 0. The maximum absolute atomic E-state index is 2.78. The molecule has 0 N–H and O–H groups in total. The van der Waals surface area contributed by atoms with E-state index in [4.69, 9.17) is 0 Å². The first-order chi connectivity index (χ1) is 8.74. The summed E-state index contributed by atoms with van der Waals surface area (Å²) >= 11 is 0. The second-order valence-electron chi connectivity index (χ2n) is 5.65. The van der Waals surface area contributed by atoms with Crippen LogP contribution in [0.1, 0.15) is 59.3 Å². The molecule has 1 atom stereocenters. The molecule has 0 bridgehead atoms. The Hall–Kier alpha value is 0.0969. The minimum atomic E-state index is -0.0945. The van der Waals surface area contributed by atoms with Crippen LogP contribution in [-0.2, 0) is 0 Å². The summed E-state index contributed by atoms with van der Waals surface area (Å²) in [6.45, 7) is 10.8. The Morgan fingerprint density at radius 2 is 1.56 bits per heavy atom. The van der Waals surface area contributed by atoms with Crippen LogP contribution in [0.15, 0.2) is 0 Å². The smallest absolute Gasteiger partial charge is 0.177 e. The molecule has 0 amide bonds. The summed E-state index contributed by atoms with van der Waals surface area (Å²) < 4.78 is 5.53. The Kier molecular flexibility index (Phi) is 8.14. The monoisotopic (exact) mass is 271 g/mol. The van der Waals surface area contributed by atoms with Crippen molar-refractivity contribution >= 4 is 9.84 Å². The van der Waals surface area contributed by atoms with Crippen molar-refractivity contribution in [3.8, 4) is 0 Å². The van der Waals surface area contributed by atoms with Gasteiger partial charge in [-0.3, -0.25) is 14.0 Å². The Morgan fingerprint density at radius 1 is 0.889 bits per heavy atom. The molecule has 1 aliphatic heterocycles. The molecule has 4 heteroatoms. The van der Waals surface area contributed by atoms with Crippen molar-refractivity contribution in [2.45, 2.75) is 65.6 Å². The van der Waals surface area contributed by atoms with E-state index >= 15 is 0 Å². The fraction of sp³-hybridized carbons (Fsp3) is 1.00. The van der Waals surface area contributed by atoms with Gasteiger partial charge in [-0.15, -0.1) is 0 Å². The van der Waals surface area contributed by atoms with Gasteiger partial charge in [0.1, 0.15) is 6.29 Å². The highest BCUT2D eigenvalue weighted by Gasteiger charge is 2.37. The van der Waals surface area contributed by atoms with Crippen molar-refractivity contribution in [1.29, 1.82) is 0 Å². The molecule has 1 fully saturated rings. The number of unbranched alkanes of at least 4 members (excludes halogenated alkanes) is 3. The van der Waals surface area contributed by atoms with Crippen molar-refractivity contribution in [1.82, 2.24) is 14.0 Å². The molecule has 0 radical (unpaired) electrons. The van der Waals surface area contributed by atoms with Gasteiger partial charge in [0.15, 0.2) is 9.84 Å². The standard InChI is InChI=1S/C14H33N3Si/c1-5-8-10-13-17-14(15(4)12-9-6-2)16(18-17)11-7-3/h14H,5-13,18H2,1-4H3. The molecule has 1 heterocycles. The largest absolute Gasteiger partial charge is 0.289 e. The highest BCUT2D eigenvalue weighted by Crippen LogP contribution is 2.21. The molecule has 0 aromatic heterocycles. The lowest BCUT2D eigenvalue weighted by molar-refractivity contribution is -0.0299. The van der Waals surface area contributed by atoms with Gasteiger partial charge < -0.3 is 0 Å². The average Bonchev–Trinajstić information content (AvgIpc) is 2.34. The molecule has 0 spiro atoms. The van der Waals surface area contributed by atoms with E-state index in [-0.39, 0.29) is 9.84 Å². The van der Waals surface area contributed by atoms with Crippen LogP contribution in [0, 0.1) is 0 Å². The summed E-state index contributed by atoms with van der Waals surface area (Å²) in [5.41, 5.74) is 0. The summed E-state index contributed by atoms with van der Waals surface area (Å²) in [7, 11) is 2.21. The van der Waals surface area contributed by atoms with Crippen molar-refractivity contribution in [3.05, 3.63) is 0 Å². The Bertz CT molecular complexity index is 211. The molecule has 0 aromatic carbocycles. The quantitative estimate of drug-likeness (QED) is 0.446. The number of rotatable bonds is 10. The fourth-order valence-electron chi connectivity index (χ4n) is 2.82. The fourth-order valence-corrected chi connectivity index (χ4v) is 5.11. The molecule has 3 nitrogen and oxygen atoms in total. The first-order valence-corrected chi connectivity index (χ1v) is 9.19. The van der Waals surface area contributed by atoms with E-state index < -0.39 is 0 Å². The maximum Gasteiger partial charge on any atom is 0.177 e. The third-order valence-corrected chi connectivity index (χ3v) is 5.85. The highest BCUT2D eigenvalue weighted by atomic mass is 28.2. The third-order valence-electron chi connectivity index (χ3n) is 3.83. The first kappa shape index (κ1) is 16.2. The van der Waals surface area contributed by atoms with Gasteiger partial charge in [0.25, 0.3) is 0 Å². The van der Waals surface area contributed by atoms with E-state index in [1.54, 1.807) is 0 Å². The maximum atomic E-state index is 2.78. The topological polar surface area (TPSA) is 9.72 Å². The molecule has 0 saturated carbocycles. The Labute approximate surface area is 116 Å². The Morgan fingerprint density at radius 3 is 2.17 bits per heavy atom. The predicted octanol–water partition coefficient (Wildman–Crippen LogP) is 2.22. The van der Waals surface area contributed by atoms with E-state index in [2.05, 4.69) is 41.8 Å². The number of hydrogen-bond donors (Lipinski definition) is 0. The Balaban J connectivity index is 2.37. The molecule has 1 saturated heterocycles. The molecule has 18 heavy (non-hydrogen) atoms. The van der Waals surface area contributed by atoms with Gasteiger partial charge in [0.05, 0.1) is 0 Å². The minimum Gasteiger partial charge on any atom is -0.289 e. The lowest BCUT2D eigenvalue weighted by atomic mass is 10.2. The van der Waals surface area contributed by atoms with Gasteiger partial charge in [-0.05, 0) is 39.4 Å². The second-order valence-corrected chi connectivity index (χ2v) is 7.56. The van der Waals surface area contributed by atoms with Crippen molar-refractivity contribution in [2.24, 2.45) is 0 Å². The molecule has 1 aliphatic rings. The lowest BCUT2D eigenvalue weighted by Crippen LogP contribution is -2.72. The van der Waals surface area contributed by atoms with Gasteiger partial charge in [0, 0.05) is 6.54 Å². The van der Waals surface area contributed by atoms with Gasteiger partial charge in [-0.1, -0.05) is 40.0 Å². The van der Waals surface area contributed by atoms with Gasteiger partial charge in [-0.25, -0.2) is 0 Å². The molecule has 1 unspecified atom stereocenters. The number of hydrogen-bond acceptors (Lipinski definition) is 3. The zero-order valence-electron chi connectivity index (χ0n) is 13.0. The van der Waals surface area contributed by atoms with Crippen LogP contribution < -0.4 is 0 Å². The van der Waals surface area contributed by atoms with E-state index in [9.17, 15) is 0 Å². The van der Waals surface area contributed by atoms with Crippen LogP contribution in [0.5, 0.6) is 0 Å². The lowest BCUT2D eigenvalue weighted by Gasteiger charge is -2.54. The average molecular weight is 272 g/mol. The van der Waals surface area contributed by atoms with Crippen LogP contribution >= 0.6 is 0 Å². The van der Waals surface area contributed by atoms with Crippen LogP contribution in [0.4, 0.5) is 0 Å². The van der Waals surface area contributed by atoms with Crippen molar-refractivity contribution in [3.63, 3.8) is 0 Å². The van der Waals surface area contributed by atoms with Crippen LogP contribution in [0.25, 0.3) is 0 Å². The number of nitrogens with zero attached hydrogens (tertiary/aromatic N) is 3.